The number of amides is 1. The molecule has 0 heterocycles. The van der Waals surface area contributed by atoms with Crippen molar-refractivity contribution in [2.75, 3.05) is 46.4 Å². The van der Waals surface area contributed by atoms with Gasteiger partial charge in [0.15, 0.2) is 0 Å². The molecule has 0 aliphatic carbocycles. The number of rotatable bonds is 11. The first-order valence-corrected chi connectivity index (χ1v) is 9.49. The number of sulfonamides is 1. The minimum Gasteiger partial charge on any atom is -0.383 e. The van der Waals surface area contributed by atoms with Gasteiger partial charge in [-0.05, 0) is 18.2 Å². The molecule has 7 nitrogen and oxygen atoms in total. The lowest BCUT2D eigenvalue weighted by atomic mass is 10.2. The van der Waals surface area contributed by atoms with Crippen molar-refractivity contribution in [3.8, 4) is 0 Å². The van der Waals surface area contributed by atoms with Crippen LogP contribution >= 0.6 is 12.4 Å². The number of nitrogens with one attached hydrogen (secondary N) is 2. The molecule has 0 fully saturated rings. The van der Waals surface area contributed by atoms with Crippen LogP contribution in [-0.4, -0.2) is 65.1 Å². The van der Waals surface area contributed by atoms with Gasteiger partial charge in [0.1, 0.15) is 0 Å². The van der Waals surface area contributed by atoms with E-state index in [1.165, 1.54) is 16.4 Å². The number of hydrogen-bond acceptors (Lipinski definition) is 5. The second kappa shape index (κ2) is 12.2. The zero-order valence-electron chi connectivity index (χ0n) is 14.9. The van der Waals surface area contributed by atoms with E-state index in [0.717, 1.165) is 0 Å². The number of hydrogen-bond donors (Lipinski definition) is 2. The van der Waals surface area contributed by atoms with E-state index in [1.807, 2.05) is 0 Å². The minimum absolute atomic E-state index is 0. The zero-order chi connectivity index (χ0) is 18.0. The number of carbonyl (C=O) groups is 1. The molecule has 2 N–H and O–H groups in total. The lowest BCUT2D eigenvalue weighted by Crippen LogP contribution is -2.33. The monoisotopic (exact) mass is 393 g/mol. The second-order valence-corrected chi connectivity index (χ2v) is 7.05. The van der Waals surface area contributed by atoms with E-state index >= 15 is 0 Å². The average molecular weight is 394 g/mol. The van der Waals surface area contributed by atoms with E-state index < -0.39 is 10.0 Å². The molecule has 1 aromatic carbocycles. The maximum absolute atomic E-state index is 12.5. The van der Waals surface area contributed by atoms with Gasteiger partial charge in [-0.2, -0.15) is 4.31 Å². The molecule has 0 unspecified atom stereocenters. The van der Waals surface area contributed by atoms with E-state index in [-0.39, 0.29) is 23.2 Å². The number of carbonyl (C=O) groups excluding carboxylic acids is 1. The lowest BCUT2D eigenvalue weighted by molar-refractivity contribution is 0.0953. The van der Waals surface area contributed by atoms with Gasteiger partial charge in [-0.15, -0.1) is 12.4 Å². The molecule has 0 aliphatic heterocycles. The predicted octanol–water partition coefficient (Wildman–Crippen LogP) is 1.10. The van der Waals surface area contributed by atoms with Gasteiger partial charge >= 0.3 is 0 Å². The van der Waals surface area contributed by atoms with E-state index in [1.54, 1.807) is 33.1 Å². The summed E-state index contributed by atoms with van der Waals surface area (Å²) in [5, 5.41) is 5.88. The fourth-order valence-corrected chi connectivity index (χ4v) is 3.68. The molecule has 0 saturated carbocycles. The van der Waals surface area contributed by atoms with Crippen LogP contribution in [0.2, 0.25) is 0 Å². The van der Waals surface area contributed by atoms with Crippen LogP contribution in [0, 0.1) is 0 Å². The van der Waals surface area contributed by atoms with Crippen molar-refractivity contribution < 1.29 is 17.9 Å². The molecule has 0 spiro atoms. The highest BCUT2D eigenvalue weighted by Gasteiger charge is 2.22. The van der Waals surface area contributed by atoms with Crippen molar-refractivity contribution >= 4 is 28.3 Å². The highest BCUT2D eigenvalue weighted by Crippen LogP contribution is 2.16. The van der Waals surface area contributed by atoms with Crippen LogP contribution in [0.25, 0.3) is 0 Å². The molecule has 9 heteroatoms. The Labute approximate surface area is 156 Å². The van der Waals surface area contributed by atoms with Gasteiger partial charge in [-0.1, -0.05) is 19.9 Å². The summed E-state index contributed by atoms with van der Waals surface area (Å²) in [6.45, 7) is 6.75. The second-order valence-electron chi connectivity index (χ2n) is 5.12. The van der Waals surface area contributed by atoms with Crippen molar-refractivity contribution in [3.05, 3.63) is 29.8 Å². The summed E-state index contributed by atoms with van der Waals surface area (Å²) >= 11 is 0. The van der Waals surface area contributed by atoms with Gasteiger partial charge in [0, 0.05) is 45.4 Å². The standard InChI is InChI=1S/C16H27N3O4S.ClH/c1-4-19(5-2)24(21,22)15-8-6-7-14(13-15)16(20)18-10-9-17-11-12-23-3;/h6-8,13,17H,4-5,9-12H2,1-3H3,(H,18,20);1H. The first kappa shape index (κ1) is 23.8. The highest BCUT2D eigenvalue weighted by molar-refractivity contribution is 7.89. The Bertz CT molecular complexity index is 622. The van der Waals surface area contributed by atoms with Crippen LogP contribution < -0.4 is 10.6 Å². The third-order valence-electron chi connectivity index (χ3n) is 3.51. The summed E-state index contributed by atoms with van der Waals surface area (Å²) in [6, 6.07) is 6.12. The largest absolute Gasteiger partial charge is 0.383 e. The molecule has 0 aliphatic rings. The molecule has 1 aromatic rings. The smallest absolute Gasteiger partial charge is 0.251 e. The van der Waals surface area contributed by atoms with Gasteiger partial charge in [0.05, 0.1) is 11.5 Å². The fourth-order valence-electron chi connectivity index (χ4n) is 2.18. The van der Waals surface area contributed by atoms with E-state index in [2.05, 4.69) is 10.6 Å². The van der Waals surface area contributed by atoms with Crippen molar-refractivity contribution in [2.45, 2.75) is 18.7 Å². The number of halogens is 1. The Morgan fingerprint density at radius 2 is 1.84 bits per heavy atom. The van der Waals surface area contributed by atoms with E-state index in [0.29, 0.717) is 44.9 Å². The van der Waals surface area contributed by atoms with Gasteiger partial charge in [0.25, 0.3) is 5.91 Å². The molecule has 0 radical (unpaired) electrons. The van der Waals surface area contributed by atoms with Crippen LogP contribution in [0.5, 0.6) is 0 Å². The van der Waals surface area contributed by atoms with Gasteiger partial charge < -0.3 is 15.4 Å². The molecule has 1 amide bonds. The molecule has 25 heavy (non-hydrogen) atoms. The quantitative estimate of drug-likeness (QED) is 0.550. The molecule has 1 rings (SSSR count). The van der Waals surface area contributed by atoms with Gasteiger partial charge in [0.2, 0.25) is 10.0 Å². The van der Waals surface area contributed by atoms with Gasteiger partial charge in [-0.3, -0.25) is 4.79 Å². The third kappa shape index (κ3) is 7.29. The Morgan fingerprint density at radius 3 is 2.44 bits per heavy atom. The molecular formula is C16H28ClN3O4S. The molecule has 0 saturated heterocycles. The Balaban J connectivity index is 0.00000576. The summed E-state index contributed by atoms with van der Waals surface area (Å²) in [5.74, 6) is -0.292. The minimum atomic E-state index is -3.57. The molecule has 0 bridgehead atoms. The maximum Gasteiger partial charge on any atom is 0.251 e. The van der Waals surface area contributed by atoms with Crippen molar-refractivity contribution in [2.24, 2.45) is 0 Å². The number of methoxy groups -OCH3 is 1. The lowest BCUT2D eigenvalue weighted by Gasteiger charge is -2.18. The molecular weight excluding hydrogens is 366 g/mol. The normalized spacial score (nSPS) is 11.2. The van der Waals surface area contributed by atoms with Crippen LogP contribution in [0.4, 0.5) is 0 Å². The van der Waals surface area contributed by atoms with E-state index in [4.69, 9.17) is 4.74 Å². The van der Waals surface area contributed by atoms with Crippen molar-refractivity contribution in [1.82, 2.24) is 14.9 Å². The van der Waals surface area contributed by atoms with Crippen LogP contribution in [0.3, 0.4) is 0 Å². The highest BCUT2D eigenvalue weighted by atomic mass is 35.5. The SMILES string of the molecule is CCN(CC)S(=O)(=O)c1cccc(C(=O)NCCNCCOC)c1.Cl. The summed E-state index contributed by atoms with van der Waals surface area (Å²) < 4.78 is 31.3. The number of benzene rings is 1. The summed E-state index contributed by atoms with van der Waals surface area (Å²) in [4.78, 5) is 12.3. The zero-order valence-corrected chi connectivity index (χ0v) is 16.6. The van der Waals surface area contributed by atoms with Crippen molar-refractivity contribution in [3.63, 3.8) is 0 Å². The molecule has 0 aromatic heterocycles. The van der Waals surface area contributed by atoms with Gasteiger partial charge in [-0.25, -0.2) is 8.42 Å². The van der Waals surface area contributed by atoms with E-state index in [9.17, 15) is 13.2 Å². The Kier molecular flexibility index (Phi) is 11.6. The van der Waals surface area contributed by atoms with Crippen LogP contribution in [-0.2, 0) is 14.8 Å². The maximum atomic E-state index is 12.5. The summed E-state index contributed by atoms with van der Waals surface area (Å²) in [7, 11) is -1.94. The predicted molar refractivity (Wildman–Crippen MR) is 101 cm³/mol. The Hall–Kier alpha value is -1.19. The molecule has 0 atom stereocenters. The fraction of sp³-hybridized carbons (Fsp3) is 0.562. The summed E-state index contributed by atoms with van der Waals surface area (Å²) in [5.41, 5.74) is 0.333. The number of ether oxygens (including phenoxy) is 1. The first-order valence-electron chi connectivity index (χ1n) is 8.05. The number of nitrogens with zero attached hydrogens (tertiary/aromatic N) is 1. The topological polar surface area (TPSA) is 87.7 Å². The first-order chi connectivity index (χ1) is 11.5. The molecule has 144 valence electrons. The summed E-state index contributed by atoms with van der Waals surface area (Å²) in [6.07, 6.45) is 0. The van der Waals surface area contributed by atoms with Crippen LogP contribution in [0.1, 0.15) is 24.2 Å². The Morgan fingerprint density at radius 1 is 1.16 bits per heavy atom. The third-order valence-corrected chi connectivity index (χ3v) is 5.56. The van der Waals surface area contributed by atoms with Crippen LogP contribution in [0.15, 0.2) is 29.2 Å². The van der Waals surface area contributed by atoms with Crippen molar-refractivity contribution in [1.29, 1.82) is 0 Å². The average Bonchev–Trinajstić information content (AvgIpc) is 2.58.